The third-order valence-electron chi connectivity index (χ3n) is 2.93. The molecule has 2 aromatic carbocycles. The minimum Gasteiger partial charge on any atom is -0.211 e. The molecule has 0 saturated heterocycles. The van der Waals surface area contributed by atoms with Crippen LogP contribution in [-0.4, -0.2) is 15.0 Å². The number of aryl methyl sites for hydroxylation is 1. The van der Waals surface area contributed by atoms with Crippen molar-refractivity contribution in [2.24, 2.45) is 0 Å². The van der Waals surface area contributed by atoms with Crippen molar-refractivity contribution >= 4 is 26.0 Å². The average molecular weight is 354 g/mol. The van der Waals surface area contributed by atoms with Crippen molar-refractivity contribution in [2.45, 2.75) is 18.2 Å². The molecule has 0 radical (unpaired) electrons. The van der Waals surface area contributed by atoms with Gasteiger partial charge in [0, 0.05) is 11.0 Å². The first kappa shape index (κ1) is 15.2. The zero-order chi connectivity index (χ0) is 14.6. The third kappa shape index (κ3) is 4.16. The SMILES string of the molecule is Cc1ccc(S(=O)(=O)NCCc2cccc(Br)c2)cc1. The lowest BCUT2D eigenvalue weighted by Crippen LogP contribution is -2.25. The third-order valence-corrected chi connectivity index (χ3v) is 4.90. The van der Waals surface area contributed by atoms with E-state index in [9.17, 15) is 8.42 Å². The second kappa shape index (κ2) is 6.52. The van der Waals surface area contributed by atoms with Crippen molar-refractivity contribution < 1.29 is 8.42 Å². The van der Waals surface area contributed by atoms with E-state index in [-0.39, 0.29) is 0 Å². The van der Waals surface area contributed by atoms with Gasteiger partial charge >= 0.3 is 0 Å². The molecule has 3 nitrogen and oxygen atoms in total. The lowest BCUT2D eigenvalue weighted by molar-refractivity contribution is 0.581. The second-order valence-corrected chi connectivity index (χ2v) is 7.27. The van der Waals surface area contributed by atoms with Gasteiger partial charge in [0.1, 0.15) is 0 Å². The van der Waals surface area contributed by atoms with E-state index in [2.05, 4.69) is 20.7 Å². The molecule has 0 saturated carbocycles. The van der Waals surface area contributed by atoms with Crippen molar-refractivity contribution in [1.29, 1.82) is 0 Å². The zero-order valence-corrected chi connectivity index (χ0v) is 13.5. The topological polar surface area (TPSA) is 46.2 Å². The fourth-order valence-corrected chi connectivity index (χ4v) is 3.30. The number of hydrogen-bond donors (Lipinski definition) is 1. The first-order valence-electron chi connectivity index (χ1n) is 6.28. The van der Waals surface area contributed by atoms with Crippen LogP contribution in [0.15, 0.2) is 57.9 Å². The minimum absolute atomic E-state index is 0.303. The van der Waals surface area contributed by atoms with Gasteiger partial charge in [0.15, 0.2) is 0 Å². The Morgan fingerprint density at radius 3 is 2.45 bits per heavy atom. The maximum atomic E-state index is 12.1. The summed E-state index contributed by atoms with van der Waals surface area (Å²) in [5, 5.41) is 0. The van der Waals surface area contributed by atoms with E-state index in [0.717, 1.165) is 15.6 Å². The number of halogens is 1. The molecule has 0 bridgehead atoms. The Morgan fingerprint density at radius 2 is 1.80 bits per heavy atom. The summed E-state index contributed by atoms with van der Waals surface area (Å²) in [6, 6.07) is 14.7. The molecule has 106 valence electrons. The smallest absolute Gasteiger partial charge is 0.211 e. The van der Waals surface area contributed by atoms with Gasteiger partial charge in [0.2, 0.25) is 10.0 Å². The van der Waals surface area contributed by atoms with Gasteiger partial charge < -0.3 is 0 Å². The largest absolute Gasteiger partial charge is 0.240 e. The molecule has 0 aliphatic carbocycles. The van der Waals surface area contributed by atoms with Crippen LogP contribution in [0.25, 0.3) is 0 Å². The highest BCUT2D eigenvalue weighted by Gasteiger charge is 2.12. The molecule has 0 aliphatic rings. The number of nitrogens with one attached hydrogen (secondary N) is 1. The van der Waals surface area contributed by atoms with Gasteiger partial charge in [-0.25, -0.2) is 13.1 Å². The number of sulfonamides is 1. The average Bonchev–Trinajstić information content (AvgIpc) is 2.39. The monoisotopic (exact) mass is 353 g/mol. The molecule has 5 heteroatoms. The molecule has 0 atom stereocenters. The quantitative estimate of drug-likeness (QED) is 0.896. The molecule has 1 N–H and O–H groups in total. The van der Waals surface area contributed by atoms with Gasteiger partial charge in [-0.2, -0.15) is 0 Å². The minimum atomic E-state index is -3.42. The summed E-state index contributed by atoms with van der Waals surface area (Å²) in [5.41, 5.74) is 2.13. The van der Waals surface area contributed by atoms with Crippen LogP contribution in [0.1, 0.15) is 11.1 Å². The van der Waals surface area contributed by atoms with E-state index in [1.54, 1.807) is 24.3 Å². The van der Waals surface area contributed by atoms with Crippen LogP contribution in [0.5, 0.6) is 0 Å². The fraction of sp³-hybridized carbons (Fsp3) is 0.200. The molecule has 0 aromatic heterocycles. The predicted molar refractivity (Wildman–Crippen MR) is 84.2 cm³/mol. The van der Waals surface area contributed by atoms with E-state index in [1.807, 2.05) is 31.2 Å². The molecule has 0 fully saturated rings. The van der Waals surface area contributed by atoms with Crippen molar-refractivity contribution in [3.8, 4) is 0 Å². The van der Waals surface area contributed by atoms with E-state index in [1.165, 1.54) is 0 Å². The van der Waals surface area contributed by atoms with Crippen LogP contribution in [-0.2, 0) is 16.4 Å². The van der Waals surface area contributed by atoms with Crippen molar-refractivity contribution in [2.75, 3.05) is 6.54 Å². The lowest BCUT2D eigenvalue weighted by Gasteiger charge is -2.07. The molecule has 20 heavy (non-hydrogen) atoms. The van der Waals surface area contributed by atoms with Gasteiger partial charge in [-0.1, -0.05) is 45.8 Å². The Kier molecular flexibility index (Phi) is 4.96. The van der Waals surface area contributed by atoms with Gasteiger partial charge in [-0.05, 0) is 43.2 Å². The summed E-state index contributed by atoms with van der Waals surface area (Å²) in [7, 11) is -3.42. The van der Waals surface area contributed by atoms with E-state index < -0.39 is 10.0 Å². The van der Waals surface area contributed by atoms with E-state index >= 15 is 0 Å². The maximum Gasteiger partial charge on any atom is 0.240 e. The summed E-state index contributed by atoms with van der Waals surface area (Å²) in [6.07, 6.45) is 0.657. The van der Waals surface area contributed by atoms with Gasteiger partial charge in [-0.15, -0.1) is 0 Å². The molecular weight excluding hydrogens is 338 g/mol. The summed E-state index contributed by atoms with van der Waals surface area (Å²) < 4.78 is 27.8. The lowest BCUT2D eigenvalue weighted by atomic mass is 10.2. The number of benzene rings is 2. The Bertz CT molecular complexity index is 681. The zero-order valence-electron chi connectivity index (χ0n) is 11.1. The van der Waals surface area contributed by atoms with Crippen LogP contribution in [0.3, 0.4) is 0 Å². The molecule has 0 unspecified atom stereocenters. The van der Waals surface area contributed by atoms with Crippen molar-refractivity contribution in [3.05, 3.63) is 64.1 Å². The van der Waals surface area contributed by atoms with Gasteiger partial charge in [0.25, 0.3) is 0 Å². The Morgan fingerprint density at radius 1 is 1.10 bits per heavy atom. The van der Waals surface area contributed by atoms with Gasteiger partial charge in [-0.3, -0.25) is 0 Å². The second-order valence-electron chi connectivity index (χ2n) is 4.59. The predicted octanol–water partition coefficient (Wildman–Crippen LogP) is 3.28. The fourth-order valence-electron chi connectivity index (χ4n) is 1.82. The highest BCUT2D eigenvalue weighted by molar-refractivity contribution is 9.10. The van der Waals surface area contributed by atoms with Gasteiger partial charge in [0.05, 0.1) is 4.90 Å². The molecule has 0 heterocycles. The molecule has 0 spiro atoms. The molecule has 0 amide bonds. The Labute approximate surface area is 128 Å². The Hall–Kier alpha value is -1.17. The van der Waals surface area contributed by atoms with E-state index in [0.29, 0.717) is 17.9 Å². The normalized spacial score (nSPS) is 11.5. The summed E-state index contributed by atoms with van der Waals surface area (Å²) in [5.74, 6) is 0. The first-order valence-corrected chi connectivity index (χ1v) is 8.56. The Balaban J connectivity index is 1.98. The standard InChI is InChI=1S/C15H16BrNO2S/c1-12-5-7-15(8-6-12)20(18,19)17-10-9-13-3-2-4-14(16)11-13/h2-8,11,17H,9-10H2,1H3. The van der Waals surface area contributed by atoms with Crippen molar-refractivity contribution in [1.82, 2.24) is 4.72 Å². The van der Waals surface area contributed by atoms with Crippen LogP contribution in [0.2, 0.25) is 0 Å². The van der Waals surface area contributed by atoms with Crippen LogP contribution in [0, 0.1) is 6.92 Å². The van der Waals surface area contributed by atoms with Crippen LogP contribution >= 0.6 is 15.9 Å². The highest BCUT2D eigenvalue weighted by Crippen LogP contribution is 2.13. The molecular formula is C15H16BrNO2S. The number of rotatable bonds is 5. The summed E-state index contributed by atoms with van der Waals surface area (Å²) >= 11 is 3.40. The highest BCUT2D eigenvalue weighted by atomic mass is 79.9. The number of hydrogen-bond acceptors (Lipinski definition) is 2. The molecule has 0 aliphatic heterocycles. The summed E-state index contributed by atoms with van der Waals surface area (Å²) in [6.45, 7) is 2.31. The molecule has 2 aromatic rings. The van der Waals surface area contributed by atoms with E-state index in [4.69, 9.17) is 0 Å². The van der Waals surface area contributed by atoms with Crippen molar-refractivity contribution in [3.63, 3.8) is 0 Å². The van der Waals surface area contributed by atoms with Crippen LogP contribution in [0.4, 0.5) is 0 Å². The maximum absolute atomic E-state index is 12.1. The molecule has 2 rings (SSSR count). The summed E-state index contributed by atoms with van der Waals surface area (Å²) in [4.78, 5) is 0.303. The van der Waals surface area contributed by atoms with Crippen LogP contribution < -0.4 is 4.72 Å². The first-order chi connectivity index (χ1) is 9.47.